The van der Waals surface area contributed by atoms with E-state index in [2.05, 4.69) is 27.9 Å². The lowest BCUT2D eigenvalue weighted by Gasteiger charge is -2.22. The van der Waals surface area contributed by atoms with Crippen molar-refractivity contribution < 1.29 is 0 Å². The van der Waals surface area contributed by atoms with Gasteiger partial charge in [0.2, 0.25) is 0 Å². The first-order valence-electron chi connectivity index (χ1n) is 6.57. The average Bonchev–Trinajstić information content (AvgIpc) is 2.46. The Balaban J connectivity index is 2.20. The van der Waals surface area contributed by atoms with Crippen LogP contribution in [0.25, 0.3) is 0 Å². The predicted octanol–water partition coefficient (Wildman–Crippen LogP) is 2.52. The van der Waals surface area contributed by atoms with E-state index in [1.807, 2.05) is 43.6 Å². The fourth-order valence-corrected chi connectivity index (χ4v) is 1.93. The molecular weight excluding hydrogens is 236 g/mol. The standard InChI is InChI=1S/C15H20N4/c1-3-19(11-14-6-4-5-8-17-14)15-10-13(12(2)16)7-9-18-15/h4-10,12H,3,11,16H2,1-2H3/t12-/m1/s1. The summed E-state index contributed by atoms with van der Waals surface area (Å²) in [5.41, 5.74) is 8.06. The summed E-state index contributed by atoms with van der Waals surface area (Å²) < 4.78 is 0. The van der Waals surface area contributed by atoms with Crippen LogP contribution in [0.3, 0.4) is 0 Å². The smallest absolute Gasteiger partial charge is 0.129 e. The molecule has 0 unspecified atom stereocenters. The first-order valence-corrected chi connectivity index (χ1v) is 6.57. The Morgan fingerprint density at radius 2 is 2.05 bits per heavy atom. The quantitative estimate of drug-likeness (QED) is 0.893. The van der Waals surface area contributed by atoms with Crippen molar-refractivity contribution in [3.8, 4) is 0 Å². The summed E-state index contributed by atoms with van der Waals surface area (Å²) in [5.74, 6) is 0.947. The normalized spacial score (nSPS) is 12.2. The minimum atomic E-state index is 0.0234. The Labute approximate surface area is 114 Å². The third-order valence-electron chi connectivity index (χ3n) is 3.08. The van der Waals surface area contributed by atoms with Crippen molar-refractivity contribution in [2.24, 2.45) is 5.73 Å². The van der Waals surface area contributed by atoms with Gasteiger partial charge in [-0.2, -0.15) is 0 Å². The van der Waals surface area contributed by atoms with Gasteiger partial charge < -0.3 is 10.6 Å². The number of aromatic nitrogens is 2. The largest absolute Gasteiger partial charge is 0.351 e. The molecule has 2 N–H and O–H groups in total. The summed E-state index contributed by atoms with van der Waals surface area (Å²) in [6.07, 6.45) is 3.63. The van der Waals surface area contributed by atoms with Crippen LogP contribution >= 0.6 is 0 Å². The molecular formula is C15H20N4. The number of hydrogen-bond acceptors (Lipinski definition) is 4. The van der Waals surface area contributed by atoms with Gasteiger partial charge in [-0.3, -0.25) is 4.98 Å². The van der Waals surface area contributed by atoms with Gasteiger partial charge in [-0.15, -0.1) is 0 Å². The molecule has 0 fully saturated rings. The molecule has 0 aliphatic rings. The second-order valence-electron chi connectivity index (χ2n) is 4.57. The second kappa shape index (κ2) is 6.29. The molecule has 0 radical (unpaired) electrons. The Kier molecular flexibility index (Phi) is 4.47. The fourth-order valence-electron chi connectivity index (χ4n) is 1.93. The second-order valence-corrected chi connectivity index (χ2v) is 4.57. The Bertz CT molecular complexity index is 511. The van der Waals surface area contributed by atoms with E-state index in [1.54, 1.807) is 0 Å². The summed E-state index contributed by atoms with van der Waals surface area (Å²) in [4.78, 5) is 11.0. The molecule has 2 aromatic rings. The van der Waals surface area contributed by atoms with Crippen LogP contribution in [-0.4, -0.2) is 16.5 Å². The highest BCUT2D eigenvalue weighted by molar-refractivity contribution is 5.42. The summed E-state index contributed by atoms with van der Waals surface area (Å²) >= 11 is 0. The van der Waals surface area contributed by atoms with E-state index in [4.69, 9.17) is 5.73 Å². The minimum absolute atomic E-state index is 0.0234. The van der Waals surface area contributed by atoms with Crippen LogP contribution in [0.15, 0.2) is 42.7 Å². The molecule has 100 valence electrons. The van der Waals surface area contributed by atoms with Gasteiger partial charge >= 0.3 is 0 Å². The van der Waals surface area contributed by atoms with Gasteiger partial charge in [-0.25, -0.2) is 4.98 Å². The van der Waals surface area contributed by atoms with Gasteiger partial charge in [0.05, 0.1) is 12.2 Å². The van der Waals surface area contributed by atoms with Gasteiger partial charge in [0.1, 0.15) is 5.82 Å². The summed E-state index contributed by atoms with van der Waals surface area (Å²) in [6, 6.07) is 9.99. The van der Waals surface area contributed by atoms with Crippen molar-refractivity contribution >= 4 is 5.82 Å². The molecule has 0 amide bonds. The summed E-state index contributed by atoms with van der Waals surface area (Å²) in [5, 5.41) is 0. The molecule has 0 saturated carbocycles. The van der Waals surface area contributed by atoms with E-state index in [9.17, 15) is 0 Å². The number of anilines is 1. The van der Waals surface area contributed by atoms with Gasteiger partial charge in [0.25, 0.3) is 0 Å². The van der Waals surface area contributed by atoms with Crippen molar-refractivity contribution in [3.05, 3.63) is 54.0 Å². The van der Waals surface area contributed by atoms with Crippen molar-refractivity contribution in [3.63, 3.8) is 0 Å². The number of pyridine rings is 2. The van der Waals surface area contributed by atoms with Crippen LogP contribution in [0.2, 0.25) is 0 Å². The third-order valence-corrected chi connectivity index (χ3v) is 3.08. The molecule has 1 atom stereocenters. The maximum absolute atomic E-state index is 5.92. The van der Waals surface area contributed by atoms with Crippen LogP contribution in [0.4, 0.5) is 5.82 Å². The molecule has 19 heavy (non-hydrogen) atoms. The van der Waals surface area contributed by atoms with Crippen molar-refractivity contribution in [2.45, 2.75) is 26.4 Å². The van der Waals surface area contributed by atoms with Crippen molar-refractivity contribution in [1.82, 2.24) is 9.97 Å². The molecule has 4 nitrogen and oxygen atoms in total. The minimum Gasteiger partial charge on any atom is -0.351 e. The van der Waals surface area contributed by atoms with E-state index >= 15 is 0 Å². The molecule has 0 spiro atoms. The zero-order valence-electron chi connectivity index (χ0n) is 11.5. The Morgan fingerprint density at radius 3 is 2.68 bits per heavy atom. The van der Waals surface area contributed by atoms with Crippen molar-refractivity contribution in [1.29, 1.82) is 0 Å². The molecule has 2 rings (SSSR count). The maximum Gasteiger partial charge on any atom is 0.129 e. The van der Waals surface area contributed by atoms with Gasteiger partial charge in [0, 0.05) is 25.0 Å². The Hall–Kier alpha value is -1.94. The number of nitrogens with two attached hydrogens (primary N) is 1. The number of hydrogen-bond donors (Lipinski definition) is 1. The van der Waals surface area contributed by atoms with E-state index in [0.29, 0.717) is 0 Å². The lowest BCUT2D eigenvalue weighted by Crippen LogP contribution is -2.24. The van der Waals surface area contributed by atoms with Gasteiger partial charge in [-0.05, 0) is 43.7 Å². The van der Waals surface area contributed by atoms with E-state index in [0.717, 1.165) is 30.2 Å². The molecule has 4 heteroatoms. The number of nitrogens with zero attached hydrogens (tertiary/aromatic N) is 3. The lowest BCUT2D eigenvalue weighted by molar-refractivity contribution is 0.779. The SMILES string of the molecule is CCN(Cc1ccccn1)c1cc([C@@H](C)N)ccn1. The van der Waals surface area contributed by atoms with Crippen LogP contribution in [0.1, 0.15) is 31.1 Å². The predicted molar refractivity (Wildman–Crippen MR) is 77.8 cm³/mol. The van der Waals surface area contributed by atoms with E-state index < -0.39 is 0 Å². The summed E-state index contributed by atoms with van der Waals surface area (Å²) in [7, 11) is 0. The molecule has 2 heterocycles. The van der Waals surface area contributed by atoms with Crippen LogP contribution in [0, 0.1) is 0 Å². The zero-order valence-corrected chi connectivity index (χ0v) is 11.5. The Morgan fingerprint density at radius 1 is 1.21 bits per heavy atom. The summed E-state index contributed by atoms with van der Waals surface area (Å²) in [6.45, 7) is 5.73. The lowest BCUT2D eigenvalue weighted by atomic mass is 10.1. The molecule has 0 bridgehead atoms. The van der Waals surface area contributed by atoms with Crippen molar-refractivity contribution in [2.75, 3.05) is 11.4 Å². The average molecular weight is 256 g/mol. The van der Waals surface area contributed by atoms with Gasteiger partial charge in [0.15, 0.2) is 0 Å². The zero-order chi connectivity index (χ0) is 13.7. The first kappa shape index (κ1) is 13.5. The topological polar surface area (TPSA) is 55.0 Å². The van der Waals surface area contributed by atoms with Gasteiger partial charge in [-0.1, -0.05) is 6.07 Å². The van der Waals surface area contributed by atoms with Crippen LogP contribution in [-0.2, 0) is 6.54 Å². The third kappa shape index (κ3) is 3.51. The molecule has 2 aromatic heterocycles. The highest BCUT2D eigenvalue weighted by atomic mass is 15.2. The van der Waals surface area contributed by atoms with E-state index in [-0.39, 0.29) is 6.04 Å². The molecule has 0 saturated heterocycles. The van der Waals surface area contributed by atoms with Crippen LogP contribution in [0.5, 0.6) is 0 Å². The maximum atomic E-state index is 5.92. The number of rotatable bonds is 5. The highest BCUT2D eigenvalue weighted by Crippen LogP contribution is 2.18. The highest BCUT2D eigenvalue weighted by Gasteiger charge is 2.09. The van der Waals surface area contributed by atoms with Crippen LogP contribution < -0.4 is 10.6 Å². The molecule has 0 aromatic carbocycles. The molecule has 0 aliphatic heterocycles. The fraction of sp³-hybridized carbons (Fsp3) is 0.333. The molecule has 0 aliphatic carbocycles. The monoisotopic (exact) mass is 256 g/mol. The first-order chi connectivity index (χ1) is 9.20. The van der Waals surface area contributed by atoms with E-state index in [1.165, 1.54) is 0 Å².